The number of alkyl halides is 3. The first kappa shape index (κ1) is 21.0. The first-order valence-corrected chi connectivity index (χ1v) is 9.99. The van der Waals surface area contributed by atoms with Gasteiger partial charge in [0.15, 0.2) is 0 Å². The molecule has 0 bridgehead atoms. The highest BCUT2D eigenvalue weighted by molar-refractivity contribution is 6.31. The number of halogens is 5. The highest BCUT2D eigenvalue weighted by Gasteiger charge is 2.34. The summed E-state index contributed by atoms with van der Waals surface area (Å²) in [5.74, 6) is 0. The number of carbonyl (C=O) groups is 1. The van der Waals surface area contributed by atoms with Crippen LogP contribution in [0.3, 0.4) is 0 Å². The van der Waals surface area contributed by atoms with Gasteiger partial charge in [0.05, 0.1) is 10.6 Å². The number of aromatic nitrogens is 1. The fourth-order valence-electron chi connectivity index (χ4n) is 3.91. The first-order valence-electron chi connectivity index (χ1n) is 9.23. The van der Waals surface area contributed by atoms with Crippen LogP contribution in [0.25, 0.3) is 10.9 Å². The van der Waals surface area contributed by atoms with E-state index in [1.54, 1.807) is 0 Å². The van der Waals surface area contributed by atoms with E-state index < -0.39 is 22.9 Å². The lowest BCUT2D eigenvalue weighted by Crippen LogP contribution is -2.34. The molecular formula is C21H17Cl2F3N2O2. The third-order valence-corrected chi connectivity index (χ3v) is 5.89. The lowest BCUT2D eigenvalue weighted by Gasteiger charge is -2.30. The van der Waals surface area contributed by atoms with E-state index in [1.807, 2.05) is 23.1 Å². The zero-order valence-electron chi connectivity index (χ0n) is 15.6. The van der Waals surface area contributed by atoms with Gasteiger partial charge >= 0.3 is 6.18 Å². The second-order valence-corrected chi connectivity index (χ2v) is 8.06. The van der Waals surface area contributed by atoms with Crippen molar-refractivity contribution in [1.82, 2.24) is 9.88 Å². The van der Waals surface area contributed by atoms with Crippen molar-refractivity contribution in [2.45, 2.75) is 25.2 Å². The summed E-state index contributed by atoms with van der Waals surface area (Å²) in [6.45, 7) is 1.74. The first-order chi connectivity index (χ1) is 14.3. The van der Waals surface area contributed by atoms with Crippen molar-refractivity contribution in [3.8, 4) is 0 Å². The zero-order valence-corrected chi connectivity index (χ0v) is 17.1. The smallest absolute Gasteiger partial charge is 0.417 e. The number of hydrogen-bond acceptors (Lipinski definition) is 3. The number of nitrogens with one attached hydrogen (secondary N) is 1. The molecule has 158 valence electrons. The van der Waals surface area contributed by atoms with E-state index in [9.17, 15) is 18.0 Å². The van der Waals surface area contributed by atoms with Crippen LogP contribution in [0.2, 0.25) is 10.0 Å². The fourth-order valence-corrected chi connectivity index (χ4v) is 4.31. The number of H-pyrrole nitrogens is 1. The Hall–Kier alpha value is -2.22. The molecule has 1 N–H and O–H groups in total. The monoisotopic (exact) mass is 456 g/mol. The maximum atomic E-state index is 13.2. The number of ether oxygens (including phenoxy) is 1. The molecule has 4 rings (SSSR count). The molecule has 0 spiro atoms. The van der Waals surface area contributed by atoms with Crippen molar-refractivity contribution in [2.75, 3.05) is 13.1 Å². The molecule has 1 unspecified atom stereocenters. The molecule has 1 aliphatic rings. The maximum Gasteiger partial charge on any atom is 0.417 e. The Morgan fingerprint density at radius 3 is 2.73 bits per heavy atom. The third kappa shape index (κ3) is 4.15. The standard InChI is InChI=1S/C21H17Cl2F3N2O2/c22-13-2-4-18-15(8-13)14-5-6-28(9-19(14)27-18)10-20(30-11-29)12-1-3-17(23)16(7-12)21(24,25)26/h1-4,7-8,11,20,27H,5-6,9-10H2. The van der Waals surface area contributed by atoms with E-state index in [1.165, 1.54) is 17.7 Å². The molecule has 1 aromatic heterocycles. The molecule has 3 aromatic rings. The summed E-state index contributed by atoms with van der Waals surface area (Å²) >= 11 is 11.8. The predicted octanol–water partition coefficient (Wildman–Crippen LogP) is 5.77. The Labute approximate surface area is 180 Å². The van der Waals surface area contributed by atoms with E-state index in [0.717, 1.165) is 29.1 Å². The lowest BCUT2D eigenvalue weighted by molar-refractivity contribution is -0.137. The molecule has 0 saturated heterocycles. The van der Waals surface area contributed by atoms with E-state index >= 15 is 0 Å². The summed E-state index contributed by atoms with van der Waals surface area (Å²) in [5, 5.41) is 1.34. The molecule has 0 aliphatic carbocycles. The molecule has 9 heteroatoms. The Morgan fingerprint density at radius 2 is 2.00 bits per heavy atom. The lowest BCUT2D eigenvalue weighted by atomic mass is 10.0. The van der Waals surface area contributed by atoms with Gasteiger partial charge in [-0.25, -0.2) is 0 Å². The summed E-state index contributed by atoms with van der Waals surface area (Å²) in [6.07, 6.45) is -4.69. The van der Waals surface area contributed by atoms with Crippen molar-refractivity contribution < 1.29 is 22.7 Å². The molecule has 2 aromatic carbocycles. The van der Waals surface area contributed by atoms with Crippen LogP contribution in [0.5, 0.6) is 0 Å². The van der Waals surface area contributed by atoms with E-state index in [-0.39, 0.29) is 18.6 Å². The van der Waals surface area contributed by atoms with Gasteiger partial charge in [0.1, 0.15) is 6.10 Å². The average Bonchev–Trinajstić information content (AvgIpc) is 3.04. The Balaban J connectivity index is 1.58. The van der Waals surface area contributed by atoms with Crippen LogP contribution < -0.4 is 0 Å². The minimum atomic E-state index is -4.59. The van der Waals surface area contributed by atoms with Crippen LogP contribution >= 0.6 is 23.2 Å². The van der Waals surface area contributed by atoms with Crippen molar-refractivity contribution in [3.05, 3.63) is 68.8 Å². The van der Waals surface area contributed by atoms with Gasteiger partial charge in [-0.05, 0) is 47.9 Å². The summed E-state index contributed by atoms with van der Waals surface area (Å²) in [5.41, 5.74) is 2.49. The Bertz CT molecular complexity index is 1100. The van der Waals surface area contributed by atoms with E-state index in [4.69, 9.17) is 27.9 Å². The molecule has 0 saturated carbocycles. The molecule has 0 amide bonds. The van der Waals surface area contributed by atoms with Gasteiger partial charge in [-0.15, -0.1) is 0 Å². The summed E-state index contributed by atoms with van der Waals surface area (Å²) < 4.78 is 44.8. The highest BCUT2D eigenvalue weighted by Crippen LogP contribution is 2.37. The van der Waals surface area contributed by atoms with Gasteiger partial charge < -0.3 is 9.72 Å². The quantitative estimate of drug-likeness (QED) is 0.496. The predicted molar refractivity (Wildman–Crippen MR) is 109 cm³/mol. The van der Waals surface area contributed by atoms with Gasteiger partial charge in [0, 0.05) is 41.3 Å². The van der Waals surface area contributed by atoms with E-state index in [0.29, 0.717) is 18.1 Å². The summed E-state index contributed by atoms with van der Waals surface area (Å²) in [4.78, 5) is 16.4. The number of hydrogen-bond donors (Lipinski definition) is 1. The second kappa shape index (κ2) is 8.13. The molecule has 2 heterocycles. The van der Waals surface area contributed by atoms with Crippen molar-refractivity contribution in [3.63, 3.8) is 0 Å². The molecule has 1 atom stereocenters. The zero-order chi connectivity index (χ0) is 21.5. The Kier molecular flexibility index (Phi) is 5.70. The number of aromatic amines is 1. The van der Waals surface area contributed by atoms with Gasteiger partial charge in [0.2, 0.25) is 0 Å². The van der Waals surface area contributed by atoms with Crippen LogP contribution in [-0.4, -0.2) is 29.4 Å². The molecular weight excluding hydrogens is 440 g/mol. The molecule has 4 nitrogen and oxygen atoms in total. The number of nitrogens with zero attached hydrogens (tertiary/aromatic N) is 1. The van der Waals surface area contributed by atoms with Gasteiger partial charge in [-0.1, -0.05) is 29.3 Å². The number of carbonyl (C=O) groups excluding carboxylic acids is 1. The number of fused-ring (bicyclic) bond motifs is 3. The van der Waals surface area contributed by atoms with Crippen LogP contribution in [-0.2, 0) is 28.7 Å². The SMILES string of the molecule is O=COC(CN1CCc2c([nH]c3ccc(Cl)cc23)C1)c1ccc(Cl)c(C(F)(F)F)c1. The van der Waals surface area contributed by atoms with E-state index in [2.05, 4.69) is 4.98 Å². The van der Waals surface area contributed by atoms with Crippen molar-refractivity contribution in [2.24, 2.45) is 0 Å². The molecule has 30 heavy (non-hydrogen) atoms. The number of benzene rings is 2. The molecule has 0 fully saturated rings. The van der Waals surface area contributed by atoms with Crippen LogP contribution in [0.1, 0.15) is 28.5 Å². The second-order valence-electron chi connectivity index (χ2n) is 7.22. The third-order valence-electron chi connectivity index (χ3n) is 5.33. The fraction of sp³-hybridized carbons (Fsp3) is 0.286. The van der Waals surface area contributed by atoms with Crippen LogP contribution in [0.4, 0.5) is 13.2 Å². The van der Waals surface area contributed by atoms with Crippen LogP contribution in [0, 0.1) is 0 Å². The average molecular weight is 457 g/mol. The topological polar surface area (TPSA) is 45.3 Å². The summed E-state index contributed by atoms with van der Waals surface area (Å²) in [6, 6.07) is 9.23. The van der Waals surface area contributed by atoms with Crippen molar-refractivity contribution in [1.29, 1.82) is 0 Å². The molecule has 0 radical (unpaired) electrons. The largest absolute Gasteiger partial charge is 0.458 e. The number of rotatable bonds is 5. The minimum absolute atomic E-state index is 0.244. The van der Waals surface area contributed by atoms with Gasteiger partial charge in [-0.2, -0.15) is 13.2 Å². The van der Waals surface area contributed by atoms with Gasteiger partial charge in [-0.3, -0.25) is 9.69 Å². The maximum absolute atomic E-state index is 13.2. The normalized spacial score (nSPS) is 15.8. The van der Waals surface area contributed by atoms with Gasteiger partial charge in [0.25, 0.3) is 6.47 Å². The summed E-state index contributed by atoms with van der Waals surface area (Å²) in [7, 11) is 0. The minimum Gasteiger partial charge on any atom is -0.458 e. The Morgan fingerprint density at radius 1 is 1.20 bits per heavy atom. The molecule has 1 aliphatic heterocycles. The van der Waals surface area contributed by atoms with Crippen LogP contribution in [0.15, 0.2) is 36.4 Å². The highest BCUT2D eigenvalue weighted by atomic mass is 35.5. The van der Waals surface area contributed by atoms with Crippen molar-refractivity contribution >= 4 is 40.6 Å².